The van der Waals surface area contributed by atoms with Gasteiger partial charge >= 0.3 is 0 Å². The summed E-state index contributed by atoms with van der Waals surface area (Å²) in [5.74, 6) is 2.13. The topological polar surface area (TPSA) is 67.3 Å². The lowest BCUT2D eigenvalue weighted by Crippen LogP contribution is -2.06. The van der Waals surface area contributed by atoms with Crippen molar-refractivity contribution in [2.24, 2.45) is 5.92 Å². The number of ether oxygens (including phenoxy) is 1. The number of hydrogen-bond donors (Lipinski definition) is 2. The van der Waals surface area contributed by atoms with Crippen LogP contribution in [0.15, 0.2) is 42.7 Å². The van der Waals surface area contributed by atoms with Gasteiger partial charge in [-0.25, -0.2) is 9.97 Å². The molecule has 1 heterocycles. The first-order valence-electron chi connectivity index (χ1n) is 9.03. The zero-order valence-corrected chi connectivity index (χ0v) is 15.5. The molecule has 0 fully saturated rings. The van der Waals surface area contributed by atoms with Crippen molar-refractivity contribution in [1.82, 2.24) is 9.97 Å². The Morgan fingerprint density at radius 2 is 1.85 bits per heavy atom. The van der Waals surface area contributed by atoms with Crippen molar-refractivity contribution >= 4 is 16.7 Å². The van der Waals surface area contributed by atoms with Crippen LogP contribution in [0.5, 0.6) is 11.5 Å². The monoisotopic (exact) mass is 351 g/mol. The van der Waals surface area contributed by atoms with Crippen molar-refractivity contribution in [3.63, 3.8) is 0 Å². The highest BCUT2D eigenvalue weighted by Crippen LogP contribution is 2.33. The Morgan fingerprint density at radius 1 is 1.08 bits per heavy atom. The fourth-order valence-corrected chi connectivity index (χ4v) is 2.82. The number of aromatic nitrogens is 2. The van der Waals surface area contributed by atoms with Crippen molar-refractivity contribution in [2.45, 2.75) is 27.2 Å². The van der Waals surface area contributed by atoms with E-state index in [0.717, 1.165) is 40.8 Å². The number of nitrogens with one attached hydrogen (secondary N) is 1. The zero-order valence-electron chi connectivity index (χ0n) is 15.5. The minimum Gasteiger partial charge on any atom is -0.504 e. The molecule has 0 radical (unpaired) electrons. The van der Waals surface area contributed by atoms with Gasteiger partial charge in [0.1, 0.15) is 12.1 Å². The molecule has 0 spiro atoms. The van der Waals surface area contributed by atoms with Crippen LogP contribution in [0.3, 0.4) is 0 Å². The Morgan fingerprint density at radius 3 is 2.62 bits per heavy atom. The van der Waals surface area contributed by atoms with Gasteiger partial charge in [-0.15, -0.1) is 0 Å². The molecule has 3 rings (SSSR count). The molecule has 5 nitrogen and oxygen atoms in total. The molecule has 0 aliphatic carbocycles. The summed E-state index contributed by atoms with van der Waals surface area (Å²) in [5, 5.41) is 14.3. The maximum Gasteiger partial charge on any atom is 0.161 e. The predicted molar refractivity (Wildman–Crippen MR) is 106 cm³/mol. The van der Waals surface area contributed by atoms with Crippen LogP contribution in [0.4, 0.5) is 5.82 Å². The molecule has 0 atom stereocenters. The Hall–Kier alpha value is -2.82. The molecule has 0 bridgehead atoms. The molecule has 2 aromatic carbocycles. The first kappa shape index (κ1) is 18.0. The second-order valence-corrected chi connectivity index (χ2v) is 6.68. The second-order valence-electron chi connectivity index (χ2n) is 6.68. The van der Waals surface area contributed by atoms with Crippen molar-refractivity contribution in [3.05, 3.63) is 42.7 Å². The van der Waals surface area contributed by atoms with E-state index in [4.69, 9.17) is 4.74 Å². The van der Waals surface area contributed by atoms with Gasteiger partial charge in [-0.3, -0.25) is 0 Å². The third-order valence-corrected chi connectivity index (χ3v) is 4.24. The van der Waals surface area contributed by atoms with E-state index < -0.39 is 0 Å². The Labute approximate surface area is 154 Å². The van der Waals surface area contributed by atoms with Gasteiger partial charge in [-0.2, -0.15) is 0 Å². The van der Waals surface area contributed by atoms with Gasteiger partial charge in [0.2, 0.25) is 0 Å². The van der Waals surface area contributed by atoms with Crippen LogP contribution < -0.4 is 10.1 Å². The number of phenols is 1. The third-order valence-electron chi connectivity index (χ3n) is 4.24. The summed E-state index contributed by atoms with van der Waals surface area (Å²) < 4.78 is 5.50. The molecule has 3 aromatic rings. The third kappa shape index (κ3) is 4.04. The van der Waals surface area contributed by atoms with E-state index in [0.29, 0.717) is 18.3 Å². The summed E-state index contributed by atoms with van der Waals surface area (Å²) in [4.78, 5) is 8.78. The van der Waals surface area contributed by atoms with E-state index in [9.17, 15) is 5.11 Å². The van der Waals surface area contributed by atoms with Crippen LogP contribution in [0.2, 0.25) is 0 Å². The van der Waals surface area contributed by atoms with Crippen LogP contribution in [0, 0.1) is 5.92 Å². The Kier molecular flexibility index (Phi) is 5.56. The van der Waals surface area contributed by atoms with E-state index in [1.54, 1.807) is 12.4 Å². The number of rotatable bonds is 7. The second kappa shape index (κ2) is 8.04. The van der Waals surface area contributed by atoms with Crippen LogP contribution >= 0.6 is 0 Å². The fourth-order valence-electron chi connectivity index (χ4n) is 2.82. The number of fused-ring (bicyclic) bond motifs is 1. The van der Waals surface area contributed by atoms with Gasteiger partial charge < -0.3 is 15.2 Å². The highest BCUT2D eigenvalue weighted by atomic mass is 16.5. The molecule has 2 N–H and O–H groups in total. The molecule has 0 saturated heterocycles. The first-order valence-corrected chi connectivity index (χ1v) is 9.03. The molecule has 0 saturated carbocycles. The normalized spacial score (nSPS) is 11.1. The van der Waals surface area contributed by atoms with Crippen LogP contribution in [0.25, 0.3) is 22.0 Å². The largest absolute Gasteiger partial charge is 0.504 e. The van der Waals surface area contributed by atoms with E-state index in [1.807, 2.05) is 31.2 Å². The molecule has 26 heavy (non-hydrogen) atoms. The molecule has 0 unspecified atom stereocenters. The summed E-state index contributed by atoms with van der Waals surface area (Å²) in [7, 11) is 0. The molecular weight excluding hydrogens is 326 g/mol. The van der Waals surface area contributed by atoms with Crippen molar-refractivity contribution in [1.29, 1.82) is 0 Å². The summed E-state index contributed by atoms with van der Waals surface area (Å²) >= 11 is 0. The highest BCUT2D eigenvalue weighted by Gasteiger charge is 2.09. The lowest BCUT2D eigenvalue weighted by molar-refractivity contribution is 0.318. The molecule has 1 aromatic heterocycles. The maximum absolute atomic E-state index is 9.92. The maximum atomic E-state index is 9.92. The lowest BCUT2D eigenvalue weighted by Gasteiger charge is -2.12. The summed E-state index contributed by atoms with van der Waals surface area (Å²) in [6.07, 6.45) is 2.67. The van der Waals surface area contributed by atoms with Crippen molar-refractivity contribution in [2.75, 3.05) is 18.5 Å². The first-order chi connectivity index (χ1) is 12.6. The van der Waals surface area contributed by atoms with Gasteiger partial charge in [0, 0.05) is 11.9 Å². The zero-order chi connectivity index (χ0) is 18.5. The average Bonchev–Trinajstić information content (AvgIpc) is 2.63. The quantitative estimate of drug-likeness (QED) is 0.636. The number of benzene rings is 2. The smallest absolute Gasteiger partial charge is 0.161 e. The fraction of sp³-hybridized carbons (Fsp3) is 0.333. The molecule has 0 aliphatic heterocycles. The molecule has 0 aliphatic rings. The predicted octanol–water partition coefficient (Wildman–Crippen LogP) is 4.86. The number of anilines is 1. The minimum atomic E-state index is 0.149. The van der Waals surface area contributed by atoms with E-state index in [2.05, 4.69) is 35.2 Å². The standard InChI is InChI=1S/C21H25N3O2/c1-4-26-20-12-16(6-8-19(20)25)15-5-7-18-17(11-15)21(24-13-23-18)22-10-9-14(2)3/h5-8,11-14,25H,4,9-10H2,1-3H3,(H,22,23,24). The van der Waals surface area contributed by atoms with E-state index in [1.165, 1.54) is 0 Å². The summed E-state index contributed by atoms with van der Waals surface area (Å²) in [5.41, 5.74) is 2.91. The van der Waals surface area contributed by atoms with E-state index in [-0.39, 0.29) is 5.75 Å². The molecular formula is C21H25N3O2. The summed E-state index contributed by atoms with van der Waals surface area (Å²) in [6, 6.07) is 11.5. The molecule has 0 amide bonds. The number of nitrogens with zero attached hydrogens (tertiary/aromatic N) is 2. The van der Waals surface area contributed by atoms with Crippen LogP contribution in [-0.4, -0.2) is 28.2 Å². The summed E-state index contributed by atoms with van der Waals surface area (Å²) in [6.45, 7) is 7.69. The van der Waals surface area contributed by atoms with Crippen molar-refractivity contribution in [3.8, 4) is 22.6 Å². The van der Waals surface area contributed by atoms with Gasteiger partial charge in [-0.05, 0) is 54.7 Å². The number of hydrogen-bond acceptors (Lipinski definition) is 5. The Balaban J connectivity index is 1.96. The van der Waals surface area contributed by atoms with Gasteiger partial charge in [0.25, 0.3) is 0 Å². The number of aromatic hydroxyl groups is 1. The van der Waals surface area contributed by atoms with Gasteiger partial charge in [-0.1, -0.05) is 26.0 Å². The van der Waals surface area contributed by atoms with Gasteiger partial charge in [0.05, 0.1) is 12.1 Å². The van der Waals surface area contributed by atoms with Crippen LogP contribution in [-0.2, 0) is 0 Å². The van der Waals surface area contributed by atoms with Crippen molar-refractivity contribution < 1.29 is 9.84 Å². The lowest BCUT2D eigenvalue weighted by atomic mass is 10.0. The SMILES string of the molecule is CCOc1cc(-c2ccc3ncnc(NCCC(C)C)c3c2)ccc1O. The number of phenolic OH excluding ortho intramolecular Hbond substituents is 1. The van der Waals surface area contributed by atoms with Gasteiger partial charge in [0.15, 0.2) is 11.5 Å². The molecule has 136 valence electrons. The average molecular weight is 351 g/mol. The van der Waals surface area contributed by atoms with E-state index >= 15 is 0 Å². The minimum absolute atomic E-state index is 0.149. The molecule has 5 heteroatoms. The Bertz CT molecular complexity index is 894. The van der Waals surface area contributed by atoms with Crippen LogP contribution in [0.1, 0.15) is 27.2 Å². The highest BCUT2D eigenvalue weighted by molar-refractivity contribution is 5.92.